The predicted octanol–water partition coefficient (Wildman–Crippen LogP) is 0.707. The van der Waals surface area contributed by atoms with Crippen molar-refractivity contribution in [3.63, 3.8) is 0 Å². The van der Waals surface area contributed by atoms with Gasteiger partial charge in [0.15, 0.2) is 0 Å². The average molecular weight is 201 g/mol. The van der Waals surface area contributed by atoms with Crippen molar-refractivity contribution in [3.05, 3.63) is 0 Å². The van der Waals surface area contributed by atoms with Crippen molar-refractivity contribution in [2.75, 3.05) is 20.3 Å². The number of carbonyl (C=O) groups excluding carboxylic acids is 1. The lowest BCUT2D eigenvalue weighted by atomic mass is 9.89. The molecule has 1 aliphatic carbocycles. The highest BCUT2D eigenvalue weighted by Crippen LogP contribution is 2.22. The molecule has 1 amide bonds. The Balaban J connectivity index is 1.99. The molecule has 0 atom stereocenters. The van der Waals surface area contributed by atoms with Crippen LogP contribution in [0, 0.1) is 0 Å². The lowest BCUT2D eigenvalue weighted by molar-refractivity contribution is -0.128. The van der Waals surface area contributed by atoms with Crippen molar-refractivity contribution in [1.29, 1.82) is 0 Å². The monoisotopic (exact) mass is 201 g/mol. The smallest absolute Gasteiger partial charge is 0.246 e. The maximum absolute atomic E-state index is 11.2. The van der Waals surface area contributed by atoms with Gasteiger partial charge >= 0.3 is 0 Å². The van der Waals surface area contributed by atoms with Crippen LogP contribution in [0.2, 0.25) is 0 Å². The zero-order chi connectivity index (χ0) is 10.4. The molecule has 1 N–H and O–H groups in total. The normalized spacial score (nSPS) is 25.6. The lowest BCUT2D eigenvalue weighted by Crippen LogP contribution is -2.48. The molecule has 0 aliphatic heterocycles. The van der Waals surface area contributed by atoms with Crippen molar-refractivity contribution in [1.82, 2.24) is 5.32 Å². The molecule has 1 saturated carbocycles. The standard InChI is InChI=1S/C10H19NO3/c1-3-4-14-7-10(12)11-8-5-9(6-8)13-2/h8-9H,3-7H2,1-2H3,(H,11,12). The van der Waals surface area contributed by atoms with Crippen LogP contribution in [0.1, 0.15) is 26.2 Å². The fourth-order valence-corrected chi connectivity index (χ4v) is 1.45. The molecule has 82 valence electrons. The number of methoxy groups -OCH3 is 1. The molecule has 0 radical (unpaired) electrons. The molecular weight excluding hydrogens is 182 g/mol. The number of nitrogens with one attached hydrogen (secondary N) is 1. The number of amides is 1. The molecule has 0 aromatic heterocycles. The highest BCUT2D eigenvalue weighted by atomic mass is 16.5. The van der Waals surface area contributed by atoms with E-state index in [9.17, 15) is 4.79 Å². The van der Waals surface area contributed by atoms with Crippen molar-refractivity contribution in [3.8, 4) is 0 Å². The first-order chi connectivity index (χ1) is 6.76. The summed E-state index contributed by atoms with van der Waals surface area (Å²) in [6, 6.07) is 0.290. The summed E-state index contributed by atoms with van der Waals surface area (Å²) in [6.07, 6.45) is 3.13. The number of carbonyl (C=O) groups is 1. The molecule has 1 fully saturated rings. The van der Waals surface area contributed by atoms with E-state index in [0.717, 1.165) is 19.3 Å². The molecule has 14 heavy (non-hydrogen) atoms. The van der Waals surface area contributed by atoms with Gasteiger partial charge in [-0.15, -0.1) is 0 Å². The highest BCUT2D eigenvalue weighted by molar-refractivity contribution is 5.77. The zero-order valence-electron chi connectivity index (χ0n) is 8.91. The van der Waals surface area contributed by atoms with Crippen LogP contribution >= 0.6 is 0 Å². The molecule has 0 saturated heterocycles. The summed E-state index contributed by atoms with van der Waals surface area (Å²) in [7, 11) is 1.70. The van der Waals surface area contributed by atoms with Crippen molar-refractivity contribution < 1.29 is 14.3 Å². The Hall–Kier alpha value is -0.610. The van der Waals surface area contributed by atoms with Crippen molar-refractivity contribution in [2.24, 2.45) is 0 Å². The van der Waals surface area contributed by atoms with Gasteiger partial charge in [0.2, 0.25) is 5.91 Å². The molecule has 1 rings (SSSR count). The summed E-state index contributed by atoms with van der Waals surface area (Å²) < 4.78 is 10.2. The number of ether oxygens (including phenoxy) is 2. The molecule has 0 heterocycles. The molecule has 0 unspecified atom stereocenters. The minimum atomic E-state index is -0.0157. The average Bonchev–Trinajstić information content (AvgIpc) is 2.11. The van der Waals surface area contributed by atoms with E-state index in [0.29, 0.717) is 12.7 Å². The Morgan fingerprint density at radius 2 is 2.21 bits per heavy atom. The molecular formula is C10H19NO3. The van der Waals surface area contributed by atoms with Gasteiger partial charge < -0.3 is 14.8 Å². The first kappa shape index (κ1) is 11.5. The summed E-state index contributed by atoms with van der Waals surface area (Å²) in [4.78, 5) is 11.2. The molecule has 0 aromatic carbocycles. The third-order valence-corrected chi connectivity index (χ3v) is 2.37. The van der Waals surface area contributed by atoms with E-state index in [4.69, 9.17) is 9.47 Å². The first-order valence-electron chi connectivity index (χ1n) is 5.16. The van der Waals surface area contributed by atoms with E-state index >= 15 is 0 Å². The summed E-state index contributed by atoms with van der Waals surface area (Å²) in [5, 5.41) is 2.90. The van der Waals surface area contributed by atoms with Crippen LogP contribution in [0.25, 0.3) is 0 Å². The lowest BCUT2D eigenvalue weighted by Gasteiger charge is -2.34. The largest absolute Gasteiger partial charge is 0.381 e. The molecule has 4 heteroatoms. The van der Waals surface area contributed by atoms with Crippen LogP contribution in [0.4, 0.5) is 0 Å². The second kappa shape index (κ2) is 5.98. The Bertz CT molecular complexity index is 178. The maximum Gasteiger partial charge on any atom is 0.246 e. The van der Waals surface area contributed by atoms with Gasteiger partial charge in [-0.3, -0.25) is 4.79 Å². The van der Waals surface area contributed by atoms with E-state index in [1.54, 1.807) is 7.11 Å². The Kier molecular flexibility index (Phi) is 4.90. The van der Waals surface area contributed by atoms with Gasteiger partial charge in [-0.05, 0) is 19.3 Å². The molecule has 0 aromatic rings. The second-order valence-corrected chi connectivity index (χ2v) is 3.65. The van der Waals surface area contributed by atoms with Crippen LogP contribution in [-0.4, -0.2) is 38.4 Å². The minimum Gasteiger partial charge on any atom is -0.381 e. The zero-order valence-corrected chi connectivity index (χ0v) is 8.91. The van der Waals surface area contributed by atoms with Crippen molar-refractivity contribution in [2.45, 2.75) is 38.3 Å². The Morgan fingerprint density at radius 3 is 2.79 bits per heavy atom. The SMILES string of the molecule is CCCOCC(=O)NC1CC(OC)C1. The number of rotatable bonds is 6. The minimum absolute atomic E-state index is 0.0157. The molecule has 4 nitrogen and oxygen atoms in total. The quantitative estimate of drug-likeness (QED) is 0.644. The number of hydrogen-bond acceptors (Lipinski definition) is 3. The third kappa shape index (κ3) is 3.64. The van der Waals surface area contributed by atoms with E-state index in [-0.39, 0.29) is 18.6 Å². The third-order valence-electron chi connectivity index (χ3n) is 2.37. The number of hydrogen-bond donors (Lipinski definition) is 1. The summed E-state index contributed by atoms with van der Waals surface area (Å²) >= 11 is 0. The highest BCUT2D eigenvalue weighted by Gasteiger charge is 2.29. The summed E-state index contributed by atoms with van der Waals surface area (Å²) in [5.41, 5.74) is 0. The molecule has 0 spiro atoms. The van der Waals surface area contributed by atoms with Crippen LogP contribution in [0.5, 0.6) is 0 Å². The first-order valence-corrected chi connectivity index (χ1v) is 5.16. The van der Waals surface area contributed by atoms with E-state index in [2.05, 4.69) is 5.32 Å². The van der Waals surface area contributed by atoms with Crippen molar-refractivity contribution >= 4 is 5.91 Å². The van der Waals surface area contributed by atoms with Gasteiger partial charge in [0, 0.05) is 19.8 Å². The summed E-state index contributed by atoms with van der Waals surface area (Å²) in [5.74, 6) is -0.0157. The fourth-order valence-electron chi connectivity index (χ4n) is 1.45. The van der Waals surface area contributed by atoms with Gasteiger partial charge in [0.1, 0.15) is 6.61 Å². The maximum atomic E-state index is 11.2. The van der Waals surface area contributed by atoms with E-state index < -0.39 is 0 Å². The van der Waals surface area contributed by atoms with E-state index in [1.807, 2.05) is 6.92 Å². The van der Waals surface area contributed by atoms with Gasteiger partial charge in [-0.2, -0.15) is 0 Å². The van der Waals surface area contributed by atoms with Gasteiger partial charge in [0.25, 0.3) is 0 Å². The summed E-state index contributed by atoms with van der Waals surface area (Å²) in [6.45, 7) is 2.85. The Labute approximate surface area is 85.0 Å². The van der Waals surface area contributed by atoms with Crippen LogP contribution < -0.4 is 5.32 Å². The molecule has 1 aliphatic rings. The Morgan fingerprint density at radius 1 is 1.50 bits per heavy atom. The fraction of sp³-hybridized carbons (Fsp3) is 0.900. The topological polar surface area (TPSA) is 47.6 Å². The predicted molar refractivity (Wildman–Crippen MR) is 53.1 cm³/mol. The van der Waals surface area contributed by atoms with Crippen LogP contribution in [0.15, 0.2) is 0 Å². The van der Waals surface area contributed by atoms with Gasteiger partial charge in [0.05, 0.1) is 6.10 Å². The van der Waals surface area contributed by atoms with Gasteiger partial charge in [-0.25, -0.2) is 0 Å². The van der Waals surface area contributed by atoms with E-state index in [1.165, 1.54) is 0 Å². The van der Waals surface area contributed by atoms with Crippen LogP contribution in [0.3, 0.4) is 0 Å². The molecule has 0 bridgehead atoms. The van der Waals surface area contributed by atoms with Crippen LogP contribution in [-0.2, 0) is 14.3 Å². The van der Waals surface area contributed by atoms with Gasteiger partial charge in [-0.1, -0.05) is 6.92 Å². The second-order valence-electron chi connectivity index (χ2n) is 3.65.